The van der Waals surface area contributed by atoms with E-state index in [1.165, 1.54) is 0 Å². The maximum absolute atomic E-state index is 12.4. The van der Waals surface area contributed by atoms with Crippen molar-refractivity contribution in [3.05, 3.63) is 12.4 Å². The van der Waals surface area contributed by atoms with E-state index in [4.69, 9.17) is 14.4 Å². The van der Waals surface area contributed by atoms with Gasteiger partial charge in [0.05, 0.1) is 17.8 Å². The third-order valence-corrected chi connectivity index (χ3v) is 6.91. The quantitative estimate of drug-likeness (QED) is 0.609. The number of likely N-dealkylation sites (tertiary alicyclic amines) is 1. The molecular formula is C21H33BN4O5. The Balaban J connectivity index is 1.49. The zero-order chi connectivity index (χ0) is 22.4. The highest BCUT2D eigenvalue weighted by molar-refractivity contribution is 6.61. The molecule has 0 bridgehead atoms. The van der Waals surface area contributed by atoms with E-state index in [1.54, 1.807) is 17.3 Å². The van der Waals surface area contributed by atoms with Gasteiger partial charge >= 0.3 is 7.12 Å². The van der Waals surface area contributed by atoms with Crippen molar-refractivity contribution in [2.75, 3.05) is 24.6 Å². The molecule has 1 aromatic rings. The molecule has 170 valence electrons. The first kappa shape index (κ1) is 22.4. The lowest BCUT2D eigenvalue weighted by atomic mass is 9.81. The minimum Gasteiger partial charge on any atom is -0.399 e. The molecule has 1 aliphatic carbocycles. The Hall–Kier alpha value is -1.75. The first-order chi connectivity index (χ1) is 14.6. The molecule has 3 fully saturated rings. The molecule has 2 atom stereocenters. The third kappa shape index (κ3) is 4.44. The molecule has 0 radical (unpaired) electrons. The largest absolute Gasteiger partial charge is 0.498 e. The summed E-state index contributed by atoms with van der Waals surface area (Å²) in [4.78, 5) is 25.5. The third-order valence-electron chi connectivity index (χ3n) is 6.91. The van der Waals surface area contributed by atoms with Crippen LogP contribution in [-0.2, 0) is 14.1 Å². The van der Waals surface area contributed by atoms with Gasteiger partial charge in [-0.05, 0) is 53.4 Å². The van der Waals surface area contributed by atoms with E-state index in [2.05, 4.69) is 14.9 Å². The van der Waals surface area contributed by atoms with Crippen molar-refractivity contribution in [2.24, 2.45) is 0 Å². The molecule has 2 saturated heterocycles. The van der Waals surface area contributed by atoms with Crippen LogP contribution in [0.5, 0.6) is 0 Å². The highest BCUT2D eigenvalue weighted by atomic mass is 16.7. The molecule has 0 unspecified atom stereocenters. The SMILES string of the molecule is CC1(C)OB(c2cnc(N(C3CC3)[C@H]3CCCN(C(=O)[C@@H](O)CO)C3)nc2)OC1(C)C. The number of carbonyl (C=O) groups is 1. The van der Waals surface area contributed by atoms with Crippen molar-refractivity contribution in [3.63, 3.8) is 0 Å². The zero-order valence-electron chi connectivity index (χ0n) is 18.8. The number of carbonyl (C=O) groups excluding carboxylic acids is 1. The highest BCUT2D eigenvalue weighted by Gasteiger charge is 2.52. The molecule has 2 N–H and O–H groups in total. The summed E-state index contributed by atoms with van der Waals surface area (Å²) < 4.78 is 12.2. The molecule has 2 aliphatic heterocycles. The minimum atomic E-state index is -1.36. The number of amides is 1. The second-order valence-corrected chi connectivity index (χ2v) is 9.82. The van der Waals surface area contributed by atoms with Crippen molar-refractivity contribution in [2.45, 2.75) is 82.8 Å². The number of aliphatic hydroxyl groups excluding tert-OH is 2. The molecule has 3 aliphatic rings. The van der Waals surface area contributed by atoms with Gasteiger partial charge in [0.25, 0.3) is 5.91 Å². The van der Waals surface area contributed by atoms with Crippen LogP contribution in [0.25, 0.3) is 0 Å². The van der Waals surface area contributed by atoms with Gasteiger partial charge in [-0.2, -0.15) is 0 Å². The lowest BCUT2D eigenvalue weighted by molar-refractivity contribution is -0.143. The molecule has 10 heteroatoms. The van der Waals surface area contributed by atoms with E-state index in [0.29, 0.717) is 25.1 Å². The van der Waals surface area contributed by atoms with E-state index in [0.717, 1.165) is 31.1 Å². The Morgan fingerprint density at radius 3 is 2.35 bits per heavy atom. The van der Waals surface area contributed by atoms with E-state index < -0.39 is 36.9 Å². The molecule has 3 heterocycles. The summed E-state index contributed by atoms with van der Waals surface area (Å²) in [6.45, 7) is 8.58. The van der Waals surface area contributed by atoms with Gasteiger partial charge in [0.2, 0.25) is 5.95 Å². The minimum absolute atomic E-state index is 0.0822. The van der Waals surface area contributed by atoms with Gasteiger partial charge < -0.3 is 29.3 Å². The van der Waals surface area contributed by atoms with Crippen LogP contribution in [0.1, 0.15) is 53.4 Å². The van der Waals surface area contributed by atoms with Crippen LogP contribution in [-0.4, -0.2) is 87.2 Å². The smallest absolute Gasteiger partial charge is 0.399 e. The lowest BCUT2D eigenvalue weighted by Gasteiger charge is -2.40. The highest BCUT2D eigenvalue weighted by Crippen LogP contribution is 2.37. The van der Waals surface area contributed by atoms with Crippen LogP contribution in [0, 0.1) is 0 Å². The maximum Gasteiger partial charge on any atom is 0.498 e. The summed E-state index contributed by atoms with van der Waals surface area (Å²) in [7, 11) is -0.504. The van der Waals surface area contributed by atoms with Crippen LogP contribution in [0.2, 0.25) is 0 Å². The van der Waals surface area contributed by atoms with Gasteiger partial charge in [-0.1, -0.05) is 0 Å². The van der Waals surface area contributed by atoms with Crippen LogP contribution in [0.4, 0.5) is 5.95 Å². The number of hydrogen-bond donors (Lipinski definition) is 2. The normalized spacial score (nSPS) is 26.1. The molecule has 0 aromatic carbocycles. The number of rotatable bonds is 6. The Kier molecular flexibility index (Phi) is 6.02. The molecule has 31 heavy (non-hydrogen) atoms. The average Bonchev–Trinajstić information content (AvgIpc) is 3.54. The predicted molar refractivity (Wildman–Crippen MR) is 116 cm³/mol. The van der Waals surface area contributed by atoms with Gasteiger partial charge in [-0.3, -0.25) is 4.79 Å². The summed E-state index contributed by atoms with van der Waals surface area (Å²) in [6, 6.07) is 0.448. The molecule has 9 nitrogen and oxygen atoms in total. The summed E-state index contributed by atoms with van der Waals surface area (Å²) in [6.07, 6.45) is 6.09. The van der Waals surface area contributed by atoms with Crippen LogP contribution in [0.3, 0.4) is 0 Å². The number of hydrogen-bond acceptors (Lipinski definition) is 8. The van der Waals surface area contributed by atoms with Gasteiger partial charge in [-0.15, -0.1) is 0 Å². The Bertz CT molecular complexity index is 785. The summed E-state index contributed by atoms with van der Waals surface area (Å²) in [5, 5.41) is 18.9. The van der Waals surface area contributed by atoms with Crippen molar-refractivity contribution in [1.82, 2.24) is 14.9 Å². The van der Waals surface area contributed by atoms with Crippen LogP contribution < -0.4 is 10.4 Å². The van der Waals surface area contributed by atoms with E-state index in [-0.39, 0.29) is 6.04 Å². The van der Waals surface area contributed by atoms with Gasteiger partial charge in [-0.25, -0.2) is 9.97 Å². The summed E-state index contributed by atoms with van der Waals surface area (Å²) in [5.74, 6) is 0.227. The Morgan fingerprint density at radius 2 is 1.81 bits per heavy atom. The fourth-order valence-electron chi connectivity index (χ4n) is 4.21. The van der Waals surface area contributed by atoms with E-state index in [9.17, 15) is 9.90 Å². The fraction of sp³-hybridized carbons (Fsp3) is 0.762. The van der Waals surface area contributed by atoms with Gasteiger partial charge in [0.1, 0.15) is 0 Å². The monoisotopic (exact) mass is 432 g/mol. The fourth-order valence-corrected chi connectivity index (χ4v) is 4.21. The Labute approximate surface area is 183 Å². The molecular weight excluding hydrogens is 399 g/mol. The van der Waals surface area contributed by atoms with Crippen molar-refractivity contribution < 1.29 is 24.3 Å². The predicted octanol–water partition coefficient (Wildman–Crippen LogP) is 0.0888. The number of aromatic nitrogens is 2. The van der Waals surface area contributed by atoms with Crippen molar-refractivity contribution in [1.29, 1.82) is 0 Å². The molecule has 1 aromatic heterocycles. The maximum atomic E-state index is 12.4. The molecule has 1 amide bonds. The molecule has 4 rings (SSSR count). The van der Waals surface area contributed by atoms with Crippen molar-refractivity contribution >= 4 is 24.4 Å². The first-order valence-electron chi connectivity index (χ1n) is 11.2. The van der Waals surface area contributed by atoms with Gasteiger partial charge in [0, 0.05) is 43.0 Å². The van der Waals surface area contributed by atoms with Crippen molar-refractivity contribution in [3.8, 4) is 0 Å². The second kappa shape index (κ2) is 8.31. The van der Waals surface area contributed by atoms with Crippen LogP contribution >= 0.6 is 0 Å². The number of piperidine rings is 1. The standard InChI is InChI=1S/C21H33BN4O5/c1-20(2)21(3,4)31-22(30-20)14-10-23-19(24-11-14)26(15-7-8-15)16-6-5-9-25(12-16)18(29)17(28)13-27/h10-11,15-17,27-28H,5-9,12-13H2,1-4H3/t16-,17-/m0/s1. The molecule has 1 saturated carbocycles. The number of anilines is 1. The lowest BCUT2D eigenvalue weighted by Crippen LogP contribution is -2.53. The topological polar surface area (TPSA) is 108 Å². The second-order valence-electron chi connectivity index (χ2n) is 9.82. The number of aliphatic hydroxyl groups is 2. The first-order valence-corrected chi connectivity index (χ1v) is 11.2. The summed E-state index contributed by atoms with van der Waals surface area (Å²) in [5.41, 5.74) is -0.0639. The van der Waals surface area contributed by atoms with Crippen LogP contribution in [0.15, 0.2) is 12.4 Å². The van der Waals surface area contributed by atoms with Gasteiger partial charge in [0.15, 0.2) is 6.10 Å². The zero-order valence-corrected chi connectivity index (χ0v) is 18.8. The Morgan fingerprint density at radius 1 is 1.19 bits per heavy atom. The molecule has 0 spiro atoms. The van der Waals surface area contributed by atoms with E-state index in [1.807, 2.05) is 27.7 Å². The number of nitrogens with zero attached hydrogens (tertiary/aromatic N) is 4. The van der Waals surface area contributed by atoms with E-state index >= 15 is 0 Å². The average molecular weight is 432 g/mol. The summed E-state index contributed by atoms with van der Waals surface area (Å²) >= 11 is 0.